The van der Waals surface area contributed by atoms with Gasteiger partial charge in [-0.2, -0.15) is 18.3 Å². The number of hydrogen-bond acceptors (Lipinski definition) is 2. The lowest BCUT2D eigenvalue weighted by molar-refractivity contribution is -0.137. The lowest BCUT2D eigenvalue weighted by atomic mass is 10.1. The Hall–Kier alpha value is -2.01. The fourth-order valence-electron chi connectivity index (χ4n) is 1.59. The molecule has 0 saturated heterocycles. The van der Waals surface area contributed by atoms with Gasteiger partial charge in [0.15, 0.2) is 0 Å². The van der Waals surface area contributed by atoms with Gasteiger partial charge >= 0.3 is 6.18 Å². The van der Waals surface area contributed by atoms with Crippen LogP contribution in [0.4, 0.5) is 18.9 Å². The molecule has 0 aromatic heterocycles. The van der Waals surface area contributed by atoms with Crippen LogP contribution in [0, 0.1) is 0 Å². The predicted molar refractivity (Wildman–Crippen MR) is 74.1 cm³/mol. The van der Waals surface area contributed by atoms with Crippen molar-refractivity contribution in [3.05, 3.63) is 64.7 Å². The number of benzene rings is 2. The molecule has 6 heteroatoms. The van der Waals surface area contributed by atoms with E-state index in [1.54, 1.807) is 24.3 Å². The van der Waals surface area contributed by atoms with Crippen LogP contribution >= 0.6 is 11.6 Å². The van der Waals surface area contributed by atoms with Crippen LogP contribution in [-0.4, -0.2) is 6.21 Å². The van der Waals surface area contributed by atoms with Gasteiger partial charge in [-0.25, -0.2) is 0 Å². The summed E-state index contributed by atoms with van der Waals surface area (Å²) in [5.41, 5.74) is 2.39. The Balaban J connectivity index is 2.19. The standard InChI is InChI=1S/C14H10ClF3N2/c15-12-7-3-4-8-13(12)20-19-9-10-5-1-2-6-11(10)14(16,17)18/h1-9,20H. The van der Waals surface area contributed by atoms with Crippen molar-refractivity contribution in [1.82, 2.24) is 0 Å². The zero-order chi connectivity index (χ0) is 14.6. The van der Waals surface area contributed by atoms with Gasteiger partial charge in [0, 0.05) is 5.56 Å². The molecule has 0 aliphatic carbocycles. The summed E-state index contributed by atoms with van der Waals surface area (Å²) in [7, 11) is 0. The summed E-state index contributed by atoms with van der Waals surface area (Å²) in [6, 6.07) is 12.0. The van der Waals surface area contributed by atoms with Crippen molar-refractivity contribution in [3.8, 4) is 0 Å². The van der Waals surface area contributed by atoms with Gasteiger partial charge < -0.3 is 0 Å². The molecule has 2 nitrogen and oxygen atoms in total. The number of hydrazone groups is 1. The molecule has 104 valence electrons. The number of anilines is 1. The van der Waals surface area contributed by atoms with Gasteiger partial charge in [0.25, 0.3) is 0 Å². The molecule has 2 rings (SSSR count). The van der Waals surface area contributed by atoms with E-state index in [1.165, 1.54) is 18.2 Å². The highest BCUT2D eigenvalue weighted by Crippen LogP contribution is 2.31. The van der Waals surface area contributed by atoms with Gasteiger partial charge in [0.2, 0.25) is 0 Å². The summed E-state index contributed by atoms with van der Waals surface area (Å²) >= 11 is 5.89. The molecule has 2 aromatic rings. The number of alkyl halides is 3. The Morgan fingerprint density at radius 3 is 2.35 bits per heavy atom. The molecule has 20 heavy (non-hydrogen) atoms. The topological polar surface area (TPSA) is 24.4 Å². The fraction of sp³-hybridized carbons (Fsp3) is 0.0714. The van der Waals surface area contributed by atoms with E-state index in [4.69, 9.17) is 11.6 Å². The van der Waals surface area contributed by atoms with Gasteiger partial charge in [0.05, 0.1) is 22.5 Å². The molecule has 0 aliphatic rings. The average molecular weight is 299 g/mol. The van der Waals surface area contributed by atoms with E-state index in [1.807, 2.05) is 0 Å². The number of rotatable bonds is 3. The molecule has 0 atom stereocenters. The first-order chi connectivity index (χ1) is 9.48. The van der Waals surface area contributed by atoms with Gasteiger partial charge in [-0.15, -0.1) is 0 Å². The van der Waals surface area contributed by atoms with Crippen LogP contribution in [0.1, 0.15) is 11.1 Å². The smallest absolute Gasteiger partial charge is 0.277 e. The first-order valence-corrected chi connectivity index (χ1v) is 6.06. The zero-order valence-corrected chi connectivity index (χ0v) is 10.9. The lowest BCUT2D eigenvalue weighted by Crippen LogP contribution is -2.08. The van der Waals surface area contributed by atoms with Crippen LogP contribution in [0.15, 0.2) is 53.6 Å². The van der Waals surface area contributed by atoms with E-state index < -0.39 is 11.7 Å². The minimum atomic E-state index is -4.41. The molecule has 0 amide bonds. The maximum Gasteiger partial charge on any atom is 0.417 e. The van der Waals surface area contributed by atoms with Crippen LogP contribution in [0.25, 0.3) is 0 Å². The van der Waals surface area contributed by atoms with Crippen LogP contribution < -0.4 is 5.43 Å². The van der Waals surface area contributed by atoms with Crippen molar-refractivity contribution in [2.45, 2.75) is 6.18 Å². The summed E-state index contributed by atoms with van der Waals surface area (Å²) in [4.78, 5) is 0. The van der Waals surface area contributed by atoms with Crippen LogP contribution in [0.3, 0.4) is 0 Å². The van der Waals surface area contributed by atoms with Crippen LogP contribution in [0.5, 0.6) is 0 Å². The third-order valence-corrected chi connectivity index (χ3v) is 2.86. The van der Waals surface area contributed by atoms with Crippen molar-refractivity contribution in [2.75, 3.05) is 5.43 Å². The van der Waals surface area contributed by atoms with E-state index in [0.717, 1.165) is 12.3 Å². The average Bonchev–Trinajstić information content (AvgIpc) is 2.40. The largest absolute Gasteiger partial charge is 0.417 e. The quantitative estimate of drug-likeness (QED) is 0.638. The third kappa shape index (κ3) is 3.51. The summed E-state index contributed by atoms with van der Waals surface area (Å²) in [6.07, 6.45) is -3.29. The molecule has 0 radical (unpaired) electrons. The summed E-state index contributed by atoms with van der Waals surface area (Å²) in [5, 5.41) is 4.23. The van der Waals surface area contributed by atoms with Gasteiger partial charge in [-0.05, 0) is 18.2 Å². The number of para-hydroxylation sites is 1. The van der Waals surface area contributed by atoms with Crippen molar-refractivity contribution in [3.63, 3.8) is 0 Å². The second-order valence-electron chi connectivity index (χ2n) is 3.93. The van der Waals surface area contributed by atoms with E-state index in [-0.39, 0.29) is 5.56 Å². The van der Waals surface area contributed by atoms with Crippen LogP contribution in [0.2, 0.25) is 5.02 Å². The molecule has 0 saturated carbocycles. The number of nitrogens with one attached hydrogen (secondary N) is 1. The minimum Gasteiger partial charge on any atom is -0.277 e. The van der Waals surface area contributed by atoms with E-state index in [9.17, 15) is 13.2 Å². The Morgan fingerprint density at radius 2 is 1.65 bits per heavy atom. The lowest BCUT2D eigenvalue weighted by Gasteiger charge is -2.09. The van der Waals surface area contributed by atoms with E-state index in [2.05, 4.69) is 10.5 Å². The zero-order valence-electron chi connectivity index (χ0n) is 10.2. The van der Waals surface area contributed by atoms with Crippen molar-refractivity contribution in [2.24, 2.45) is 5.10 Å². The summed E-state index contributed by atoms with van der Waals surface area (Å²) in [6.45, 7) is 0. The molecule has 0 heterocycles. The molecular weight excluding hydrogens is 289 g/mol. The van der Waals surface area contributed by atoms with Gasteiger partial charge in [0.1, 0.15) is 0 Å². The molecular formula is C14H10ClF3N2. The Bertz CT molecular complexity index is 624. The Morgan fingerprint density at radius 1 is 1.00 bits per heavy atom. The summed E-state index contributed by atoms with van der Waals surface area (Å²) in [5.74, 6) is 0. The molecule has 0 spiro atoms. The highest BCUT2D eigenvalue weighted by atomic mass is 35.5. The molecule has 0 unspecified atom stereocenters. The summed E-state index contributed by atoms with van der Waals surface area (Å²) < 4.78 is 38.3. The van der Waals surface area contributed by atoms with Gasteiger partial charge in [-0.1, -0.05) is 41.9 Å². The minimum absolute atomic E-state index is 0.0143. The van der Waals surface area contributed by atoms with Gasteiger partial charge in [-0.3, -0.25) is 5.43 Å². The first kappa shape index (κ1) is 14.4. The van der Waals surface area contributed by atoms with Crippen molar-refractivity contribution < 1.29 is 13.2 Å². The predicted octanol–water partition coefficient (Wildman–Crippen LogP) is 4.80. The normalized spacial score (nSPS) is 11.8. The SMILES string of the molecule is FC(F)(F)c1ccccc1C=NNc1ccccc1Cl. The Labute approximate surface area is 118 Å². The highest BCUT2D eigenvalue weighted by molar-refractivity contribution is 6.33. The van der Waals surface area contributed by atoms with Crippen molar-refractivity contribution in [1.29, 1.82) is 0 Å². The Kier molecular flexibility index (Phi) is 4.29. The second-order valence-corrected chi connectivity index (χ2v) is 4.34. The van der Waals surface area contributed by atoms with Crippen LogP contribution in [-0.2, 0) is 6.18 Å². The van der Waals surface area contributed by atoms with E-state index in [0.29, 0.717) is 10.7 Å². The second kappa shape index (κ2) is 5.96. The number of nitrogens with zero attached hydrogens (tertiary/aromatic N) is 1. The maximum atomic E-state index is 12.8. The maximum absolute atomic E-state index is 12.8. The fourth-order valence-corrected chi connectivity index (χ4v) is 1.77. The molecule has 0 aliphatic heterocycles. The third-order valence-electron chi connectivity index (χ3n) is 2.53. The molecule has 1 N–H and O–H groups in total. The van der Waals surface area contributed by atoms with Crippen molar-refractivity contribution >= 4 is 23.5 Å². The monoisotopic (exact) mass is 298 g/mol. The van der Waals surface area contributed by atoms with E-state index >= 15 is 0 Å². The number of hydrogen-bond donors (Lipinski definition) is 1. The molecule has 2 aromatic carbocycles. The number of halogens is 4. The molecule has 0 fully saturated rings. The first-order valence-electron chi connectivity index (χ1n) is 5.68. The highest BCUT2D eigenvalue weighted by Gasteiger charge is 2.32. The molecule has 0 bridgehead atoms.